The van der Waals surface area contributed by atoms with Crippen molar-refractivity contribution >= 4 is 23.2 Å². The summed E-state index contributed by atoms with van der Waals surface area (Å²) in [6.45, 7) is 0.747. The Balaban J connectivity index is 1.34. The highest BCUT2D eigenvalue weighted by Crippen LogP contribution is 2.32. The molecular weight excluding hydrogens is 433 g/mol. The van der Waals surface area contributed by atoms with Crippen molar-refractivity contribution in [2.24, 2.45) is 0 Å². The van der Waals surface area contributed by atoms with E-state index >= 15 is 0 Å². The fourth-order valence-corrected chi connectivity index (χ4v) is 4.81. The molecule has 0 N–H and O–H groups in total. The highest BCUT2D eigenvalue weighted by molar-refractivity contribution is 6.30. The third-order valence-electron chi connectivity index (χ3n) is 6.44. The zero-order chi connectivity index (χ0) is 22.4. The van der Waals surface area contributed by atoms with Crippen LogP contribution in [0.5, 0.6) is 5.75 Å². The summed E-state index contributed by atoms with van der Waals surface area (Å²) in [5.41, 5.74) is 2.76. The number of hydrogen-bond acceptors (Lipinski definition) is 5. The summed E-state index contributed by atoms with van der Waals surface area (Å²) >= 11 is 6.00. The Bertz CT molecular complexity index is 1170. The molecule has 0 radical (unpaired) electrons. The molecule has 3 heterocycles. The van der Waals surface area contributed by atoms with Gasteiger partial charge >= 0.3 is 0 Å². The molecule has 2 aromatic heterocycles. The van der Waals surface area contributed by atoms with E-state index in [2.05, 4.69) is 29.1 Å². The fourth-order valence-electron chi connectivity index (χ4n) is 4.67. The van der Waals surface area contributed by atoms with Crippen LogP contribution in [0.3, 0.4) is 0 Å². The maximum Gasteiger partial charge on any atom is 0.258 e. The molecule has 7 nitrogen and oxygen atoms in total. The van der Waals surface area contributed by atoms with Crippen LogP contribution in [-0.4, -0.2) is 56.5 Å². The first-order valence-electron chi connectivity index (χ1n) is 10.8. The largest absolute Gasteiger partial charge is 0.489 e. The van der Waals surface area contributed by atoms with Crippen molar-refractivity contribution in [1.82, 2.24) is 24.4 Å². The molecule has 0 atom stereocenters. The monoisotopic (exact) mass is 457 g/mol. The summed E-state index contributed by atoms with van der Waals surface area (Å²) in [5.74, 6) is -0.305. The standard InChI is InChI=1S/C23H25ClFN5O2/c1-28(2)16-4-6-17(7-5-16)32-21-9-15(25)3-8-18(21)23(31)29-12-19-20(13-29)27-30-11-14(24)10-26-22(19)30/h3,8-11,16-17H,4-7,12-13H2,1-2H3/t16-,17+. The van der Waals surface area contributed by atoms with Gasteiger partial charge < -0.3 is 14.5 Å². The lowest BCUT2D eigenvalue weighted by atomic mass is 9.92. The molecule has 0 unspecified atom stereocenters. The van der Waals surface area contributed by atoms with Crippen molar-refractivity contribution in [3.05, 3.63) is 58.3 Å². The molecule has 1 aliphatic heterocycles. The highest BCUT2D eigenvalue weighted by atomic mass is 35.5. The van der Waals surface area contributed by atoms with E-state index in [1.807, 2.05) is 0 Å². The van der Waals surface area contributed by atoms with Gasteiger partial charge in [-0.1, -0.05) is 11.6 Å². The smallest absolute Gasteiger partial charge is 0.258 e. The van der Waals surface area contributed by atoms with Crippen molar-refractivity contribution in [2.75, 3.05) is 14.1 Å². The Morgan fingerprint density at radius 3 is 2.75 bits per heavy atom. The molecule has 1 saturated carbocycles. The van der Waals surface area contributed by atoms with Crippen LogP contribution in [0, 0.1) is 5.82 Å². The maximum atomic E-state index is 14.0. The SMILES string of the molecule is CN(C)[C@H]1CC[C@@H](Oc2cc(F)ccc2C(=O)N2Cc3nn4cc(Cl)cnc4c3C2)CC1. The van der Waals surface area contributed by atoms with E-state index in [1.165, 1.54) is 18.2 Å². The Labute approximate surface area is 190 Å². The van der Waals surface area contributed by atoms with Gasteiger partial charge in [-0.15, -0.1) is 0 Å². The average Bonchev–Trinajstić information content (AvgIpc) is 3.31. The number of rotatable bonds is 4. The van der Waals surface area contributed by atoms with Gasteiger partial charge in [0.25, 0.3) is 5.91 Å². The molecule has 0 bridgehead atoms. The van der Waals surface area contributed by atoms with Gasteiger partial charge in [0.15, 0.2) is 5.65 Å². The topological polar surface area (TPSA) is 63.0 Å². The van der Waals surface area contributed by atoms with Crippen molar-refractivity contribution in [1.29, 1.82) is 0 Å². The van der Waals surface area contributed by atoms with Gasteiger partial charge in [0, 0.05) is 23.9 Å². The Hall–Kier alpha value is -2.71. The second-order valence-electron chi connectivity index (χ2n) is 8.78. The second kappa shape index (κ2) is 8.33. The molecule has 9 heteroatoms. The number of amides is 1. The first-order valence-corrected chi connectivity index (χ1v) is 11.2. The number of benzene rings is 1. The average molecular weight is 458 g/mol. The van der Waals surface area contributed by atoms with E-state index in [1.54, 1.807) is 21.8 Å². The van der Waals surface area contributed by atoms with Crippen LogP contribution in [0.25, 0.3) is 5.65 Å². The fraction of sp³-hybridized carbons (Fsp3) is 0.435. The van der Waals surface area contributed by atoms with Crippen LogP contribution in [0.15, 0.2) is 30.6 Å². The van der Waals surface area contributed by atoms with Crippen LogP contribution in [0.1, 0.15) is 47.3 Å². The van der Waals surface area contributed by atoms with Gasteiger partial charge in [-0.25, -0.2) is 13.9 Å². The van der Waals surface area contributed by atoms with Gasteiger partial charge in [-0.2, -0.15) is 5.10 Å². The summed E-state index contributed by atoms with van der Waals surface area (Å²) in [6, 6.07) is 4.68. The molecule has 0 saturated heterocycles. The van der Waals surface area contributed by atoms with E-state index in [0.29, 0.717) is 41.1 Å². The minimum atomic E-state index is -0.415. The summed E-state index contributed by atoms with van der Waals surface area (Å²) in [6.07, 6.45) is 7.06. The van der Waals surface area contributed by atoms with E-state index in [0.717, 1.165) is 36.9 Å². The van der Waals surface area contributed by atoms with E-state index < -0.39 is 5.82 Å². The van der Waals surface area contributed by atoms with Gasteiger partial charge in [0.1, 0.15) is 11.6 Å². The number of carbonyl (C=O) groups is 1. The first kappa shape index (κ1) is 21.2. The summed E-state index contributed by atoms with van der Waals surface area (Å²) < 4.78 is 21.8. The number of aromatic nitrogens is 3. The maximum absolute atomic E-state index is 14.0. The minimum Gasteiger partial charge on any atom is -0.489 e. The number of fused-ring (bicyclic) bond motifs is 3. The third kappa shape index (κ3) is 3.93. The van der Waals surface area contributed by atoms with Gasteiger partial charge in [0.2, 0.25) is 0 Å². The van der Waals surface area contributed by atoms with Crippen molar-refractivity contribution in [3.8, 4) is 5.75 Å². The predicted octanol–water partition coefficient (Wildman–Crippen LogP) is 3.93. The van der Waals surface area contributed by atoms with E-state index in [9.17, 15) is 9.18 Å². The molecule has 32 heavy (non-hydrogen) atoms. The van der Waals surface area contributed by atoms with Gasteiger partial charge in [0.05, 0.1) is 41.7 Å². The molecule has 2 aliphatic rings. The lowest BCUT2D eigenvalue weighted by Gasteiger charge is -2.33. The predicted molar refractivity (Wildman–Crippen MR) is 118 cm³/mol. The third-order valence-corrected chi connectivity index (χ3v) is 6.63. The van der Waals surface area contributed by atoms with Crippen molar-refractivity contribution in [3.63, 3.8) is 0 Å². The number of nitrogens with zero attached hydrogens (tertiary/aromatic N) is 5. The molecular formula is C23H25ClFN5O2. The molecule has 1 fully saturated rings. The summed E-state index contributed by atoms with van der Waals surface area (Å²) in [4.78, 5) is 21.6. The zero-order valence-electron chi connectivity index (χ0n) is 18.1. The molecule has 3 aromatic rings. The van der Waals surface area contributed by atoms with Gasteiger partial charge in [-0.05, 0) is 51.9 Å². The Morgan fingerprint density at radius 1 is 1.22 bits per heavy atom. The second-order valence-corrected chi connectivity index (χ2v) is 9.22. The quantitative estimate of drug-likeness (QED) is 0.594. The van der Waals surface area contributed by atoms with Gasteiger partial charge in [-0.3, -0.25) is 4.79 Å². The van der Waals surface area contributed by atoms with Crippen LogP contribution in [-0.2, 0) is 13.1 Å². The highest BCUT2D eigenvalue weighted by Gasteiger charge is 2.32. The van der Waals surface area contributed by atoms with E-state index in [4.69, 9.17) is 16.3 Å². The lowest BCUT2D eigenvalue weighted by Crippen LogP contribution is -2.35. The minimum absolute atomic E-state index is 0.0199. The number of hydrogen-bond donors (Lipinski definition) is 0. The van der Waals surface area contributed by atoms with Crippen LogP contribution in [0.4, 0.5) is 4.39 Å². The molecule has 1 amide bonds. The van der Waals surface area contributed by atoms with Crippen LogP contribution >= 0.6 is 11.6 Å². The first-order chi connectivity index (χ1) is 15.4. The number of halogens is 2. The number of ether oxygens (including phenoxy) is 1. The molecule has 1 aliphatic carbocycles. The lowest BCUT2D eigenvalue weighted by molar-refractivity contribution is 0.0732. The van der Waals surface area contributed by atoms with Crippen LogP contribution < -0.4 is 4.74 Å². The molecule has 5 rings (SSSR count). The number of carbonyl (C=O) groups excluding carboxylic acids is 1. The zero-order valence-corrected chi connectivity index (χ0v) is 18.8. The van der Waals surface area contributed by atoms with Crippen molar-refractivity contribution in [2.45, 2.75) is 50.9 Å². The van der Waals surface area contributed by atoms with E-state index in [-0.39, 0.29) is 12.0 Å². The molecule has 0 spiro atoms. The summed E-state index contributed by atoms with van der Waals surface area (Å²) in [5, 5.41) is 5.01. The molecule has 168 valence electrons. The Morgan fingerprint density at radius 2 is 2.00 bits per heavy atom. The normalized spacial score (nSPS) is 20.7. The Kier molecular flexibility index (Phi) is 5.51. The molecule has 1 aromatic carbocycles. The van der Waals surface area contributed by atoms with Crippen LogP contribution in [0.2, 0.25) is 5.02 Å². The van der Waals surface area contributed by atoms with Crippen molar-refractivity contribution < 1.29 is 13.9 Å². The summed E-state index contributed by atoms with van der Waals surface area (Å²) in [7, 11) is 4.17.